The Bertz CT molecular complexity index is 514. The van der Waals surface area contributed by atoms with E-state index in [4.69, 9.17) is 11.6 Å². The summed E-state index contributed by atoms with van der Waals surface area (Å²) in [5.74, 6) is 0. The normalized spacial score (nSPS) is 10.3. The Morgan fingerprint density at radius 3 is 2.82 bits per heavy atom. The van der Waals surface area contributed by atoms with Crippen molar-refractivity contribution in [2.24, 2.45) is 0 Å². The number of aryl methyl sites for hydroxylation is 1. The SMILES string of the molecule is Cc1ccc(CNc2cc(Br)cnc2Cl)cn1. The Labute approximate surface area is 113 Å². The van der Waals surface area contributed by atoms with Gasteiger partial charge >= 0.3 is 0 Å². The van der Waals surface area contributed by atoms with E-state index in [-0.39, 0.29) is 0 Å². The van der Waals surface area contributed by atoms with Gasteiger partial charge in [-0.3, -0.25) is 4.98 Å². The largest absolute Gasteiger partial charge is 0.378 e. The predicted octanol–water partition coefficient (Wildman–Crippen LogP) is 3.81. The van der Waals surface area contributed by atoms with E-state index in [1.54, 1.807) is 6.20 Å². The fourth-order valence-corrected chi connectivity index (χ4v) is 1.85. The van der Waals surface area contributed by atoms with Crippen LogP contribution in [-0.4, -0.2) is 9.97 Å². The Kier molecular flexibility index (Phi) is 3.97. The lowest BCUT2D eigenvalue weighted by Crippen LogP contribution is -2.01. The van der Waals surface area contributed by atoms with Crippen LogP contribution in [0.2, 0.25) is 5.15 Å². The summed E-state index contributed by atoms with van der Waals surface area (Å²) in [5, 5.41) is 3.69. The van der Waals surface area contributed by atoms with Gasteiger partial charge in [-0.1, -0.05) is 17.7 Å². The first-order valence-corrected chi connectivity index (χ1v) is 6.29. The first-order chi connectivity index (χ1) is 8.15. The molecule has 0 bridgehead atoms. The molecule has 2 rings (SSSR count). The molecule has 0 amide bonds. The van der Waals surface area contributed by atoms with Gasteiger partial charge in [0.25, 0.3) is 0 Å². The fourth-order valence-electron chi connectivity index (χ4n) is 1.35. The standard InChI is InChI=1S/C12H11BrClN3/c1-8-2-3-9(5-15-8)6-16-11-4-10(13)7-17-12(11)14/h2-5,7,16H,6H2,1H3. The van der Waals surface area contributed by atoms with Crippen molar-refractivity contribution in [1.29, 1.82) is 0 Å². The van der Waals surface area contributed by atoms with Crippen LogP contribution in [0.15, 0.2) is 35.1 Å². The van der Waals surface area contributed by atoms with Crippen molar-refractivity contribution in [1.82, 2.24) is 9.97 Å². The molecule has 88 valence electrons. The fraction of sp³-hybridized carbons (Fsp3) is 0.167. The molecule has 0 aliphatic heterocycles. The van der Waals surface area contributed by atoms with Gasteiger partial charge in [0.2, 0.25) is 0 Å². The highest BCUT2D eigenvalue weighted by molar-refractivity contribution is 9.10. The predicted molar refractivity (Wildman–Crippen MR) is 73.2 cm³/mol. The third-order valence-electron chi connectivity index (χ3n) is 2.26. The minimum absolute atomic E-state index is 0.466. The Hall–Kier alpha value is -1.13. The lowest BCUT2D eigenvalue weighted by atomic mass is 10.2. The molecule has 17 heavy (non-hydrogen) atoms. The van der Waals surface area contributed by atoms with Crippen LogP contribution in [0.4, 0.5) is 5.69 Å². The first kappa shape index (κ1) is 12.3. The van der Waals surface area contributed by atoms with E-state index < -0.39 is 0 Å². The molecule has 0 saturated carbocycles. The van der Waals surface area contributed by atoms with Crippen molar-refractivity contribution in [2.75, 3.05) is 5.32 Å². The van der Waals surface area contributed by atoms with Gasteiger partial charge < -0.3 is 5.32 Å². The second kappa shape index (κ2) is 5.47. The second-order valence-electron chi connectivity index (χ2n) is 3.65. The van der Waals surface area contributed by atoms with Crippen molar-refractivity contribution in [2.45, 2.75) is 13.5 Å². The number of pyridine rings is 2. The van der Waals surface area contributed by atoms with Crippen molar-refractivity contribution in [3.8, 4) is 0 Å². The minimum Gasteiger partial charge on any atom is -0.378 e. The van der Waals surface area contributed by atoms with Gasteiger partial charge in [-0.15, -0.1) is 0 Å². The molecule has 0 radical (unpaired) electrons. The highest BCUT2D eigenvalue weighted by Crippen LogP contribution is 2.23. The van der Waals surface area contributed by atoms with E-state index in [2.05, 4.69) is 31.2 Å². The van der Waals surface area contributed by atoms with E-state index in [1.807, 2.05) is 31.3 Å². The van der Waals surface area contributed by atoms with Crippen LogP contribution in [0.5, 0.6) is 0 Å². The number of hydrogen-bond acceptors (Lipinski definition) is 3. The van der Waals surface area contributed by atoms with Crippen LogP contribution in [0.25, 0.3) is 0 Å². The molecule has 2 aromatic heterocycles. The number of halogens is 2. The van der Waals surface area contributed by atoms with Gasteiger partial charge in [0.05, 0.1) is 5.69 Å². The van der Waals surface area contributed by atoms with E-state index in [1.165, 1.54) is 0 Å². The van der Waals surface area contributed by atoms with Crippen LogP contribution >= 0.6 is 27.5 Å². The molecular formula is C12H11BrClN3. The molecule has 1 N–H and O–H groups in total. The summed E-state index contributed by atoms with van der Waals surface area (Å²) < 4.78 is 0.895. The highest BCUT2D eigenvalue weighted by Gasteiger charge is 2.02. The van der Waals surface area contributed by atoms with Crippen LogP contribution in [0.3, 0.4) is 0 Å². The van der Waals surface area contributed by atoms with Crippen LogP contribution in [0, 0.1) is 6.92 Å². The van der Waals surface area contributed by atoms with Gasteiger partial charge in [-0.2, -0.15) is 0 Å². The van der Waals surface area contributed by atoms with Crippen LogP contribution in [0.1, 0.15) is 11.3 Å². The van der Waals surface area contributed by atoms with Crippen molar-refractivity contribution < 1.29 is 0 Å². The van der Waals surface area contributed by atoms with Gasteiger partial charge in [0.1, 0.15) is 0 Å². The van der Waals surface area contributed by atoms with Crippen molar-refractivity contribution in [3.05, 3.63) is 51.5 Å². The Balaban J connectivity index is 2.07. The number of aromatic nitrogens is 2. The monoisotopic (exact) mass is 311 g/mol. The van der Waals surface area contributed by atoms with Crippen molar-refractivity contribution in [3.63, 3.8) is 0 Å². The highest BCUT2D eigenvalue weighted by atomic mass is 79.9. The van der Waals surface area contributed by atoms with Gasteiger partial charge in [-0.25, -0.2) is 4.98 Å². The molecule has 0 aliphatic carbocycles. The molecule has 0 spiro atoms. The summed E-state index contributed by atoms with van der Waals surface area (Å²) in [5.41, 5.74) is 2.92. The lowest BCUT2D eigenvalue weighted by Gasteiger charge is -2.08. The topological polar surface area (TPSA) is 37.8 Å². The second-order valence-corrected chi connectivity index (χ2v) is 4.93. The average molecular weight is 313 g/mol. The number of anilines is 1. The van der Waals surface area contributed by atoms with Crippen LogP contribution in [-0.2, 0) is 6.54 Å². The Morgan fingerprint density at radius 1 is 1.29 bits per heavy atom. The smallest absolute Gasteiger partial charge is 0.152 e. The summed E-state index contributed by atoms with van der Waals surface area (Å²) >= 11 is 9.34. The molecule has 0 atom stereocenters. The van der Waals surface area contributed by atoms with E-state index >= 15 is 0 Å². The maximum atomic E-state index is 5.98. The number of nitrogens with one attached hydrogen (secondary N) is 1. The third kappa shape index (κ3) is 3.41. The zero-order chi connectivity index (χ0) is 12.3. The maximum absolute atomic E-state index is 5.98. The molecule has 0 aliphatic rings. The molecule has 5 heteroatoms. The molecule has 2 aromatic rings. The zero-order valence-electron chi connectivity index (χ0n) is 9.24. The molecule has 0 aromatic carbocycles. The van der Waals surface area contributed by atoms with Crippen molar-refractivity contribution >= 4 is 33.2 Å². The van der Waals surface area contributed by atoms with E-state index in [0.29, 0.717) is 11.7 Å². The van der Waals surface area contributed by atoms with Crippen LogP contribution < -0.4 is 5.32 Å². The molecule has 2 heterocycles. The number of nitrogens with zero attached hydrogens (tertiary/aromatic N) is 2. The number of rotatable bonds is 3. The number of hydrogen-bond donors (Lipinski definition) is 1. The molecule has 0 saturated heterocycles. The quantitative estimate of drug-likeness (QED) is 0.876. The molecule has 0 unspecified atom stereocenters. The summed E-state index contributed by atoms with van der Waals surface area (Å²) in [7, 11) is 0. The summed E-state index contributed by atoms with van der Waals surface area (Å²) in [6.45, 7) is 2.64. The zero-order valence-corrected chi connectivity index (χ0v) is 11.6. The van der Waals surface area contributed by atoms with Gasteiger partial charge in [0, 0.05) is 29.1 Å². The molecule has 3 nitrogen and oxygen atoms in total. The van der Waals surface area contributed by atoms with Gasteiger partial charge in [-0.05, 0) is 40.5 Å². The Morgan fingerprint density at radius 2 is 2.12 bits per heavy atom. The maximum Gasteiger partial charge on any atom is 0.152 e. The summed E-state index contributed by atoms with van der Waals surface area (Å²) in [4.78, 5) is 8.28. The minimum atomic E-state index is 0.466. The molecule has 0 fully saturated rings. The first-order valence-electron chi connectivity index (χ1n) is 5.11. The molecular weight excluding hydrogens is 302 g/mol. The van der Waals surface area contributed by atoms with E-state index in [9.17, 15) is 0 Å². The third-order valence-corrected chi connectivity index (χ3v) is 3.00. The summed E-state index contributed by atoms with van der Waals surface area (Å²) in [6.07, 6.45) is 3.52. The average Bonchev–Trinajstić information content (AvgIpc) is 2.32. The van der Waals surface area contributed by atoms with Gasteiger partial charge in [0.15, 0.2) is 5.15 Å². The summed E-state index contributed by atoms with van der Waals surface area (Å²) in [6, 6.07) is 5.92. The lowest BCUT2D eigenvalue weighted by molar-refractivity contribution is 1.08. The van der Waals surface area contributed by atoms with E-state index in [0.717, 1.165) is 21.4 Å².